The SMILES string of the molecule is Nc1nc(-c2ccsc2)nc(N)c1N=O. The molecule has 0 atom stereocenters. The van der Waals surface area contributed by atoms with E-state index in [1.165, 1.54) is 11.3 Å². The van der Waals surface area contributed by atoms with E-state index in [0.29, 0.717) is 5.82 Å². The van der Waals surface area contributed by atoms with Crippen LogP contribution in [0.15, 0.2) is 22.0 Å². The van der Waals surface area contributed by atoms with E-state index in [0.717, 1.165) is 5.56 Å². The minimum atomic E-state index is -0.103. The highest BCUT2D eigenvalue weighted by Gasteiger charge is 2.11. The van der Waals surface area contributed by atoms with Crippen LogP contribution >= 0.6 is 11.3 Å². The molecule has 2 aromatic heterocycles. The van der Waals surface area contributed by atoms with Gasteiger partial charge >= 0.3 is 0 Å². The number of nitrogen functional groups attached to an aromatic ring is 2. The average molecular weight is 221 g/mol. The molecule has 0 bridgehead atoms. The molecule has 0 saturated carbocycles. The second-order valence-electron chi connectivity index (χ2n) is 2.77. The van der Waals surface area contributed by atoms with Gasteiger partial charge in [0.2, 0.25) is 0 Å². The molecule has 6 nitrogen and oxygen atoms in total. The topological polar surface area (TPSA) is 107 Å². The first-order valence-electron chi connectivity index (χ1n) is 4.01. The van der Waals surface area contributed by atoms with Crippen LogP contribution in [0.4, 0.5) is 17.3 Å². The van der Waals surface area contributed by atoms with Crippen LogP contribution in [0.2, 0.25) is 0 Å². The van der Waals surface area contributed by atoms with Gasteiger partial charge in [-0.2, -0.15) is 11.3 Å². The zero-order valence-electron chi connectivity index (χ0n) is 7.54. The lowest BCUT2D eigenvalue weighted by Crippen LogP contribution is -2.00. The number of hydrogen-bond donors (Lipinski definition) is 2. The summed E-state index contributed by atoms with van der Waals surface area (Å²) < 4.78 is 0. The van der Waals surface area contributed by atoms with Crippen LogP contribution < -0.4 is 11.5 Å². The molecule has 0 spiro atoms. The van der Waals surface area contributed by atoms with Crippen molar-refractivity contribution in [1.82, 2.24) is 9.97 Å². The summed E-state index contributed by atoms with van der Waals surface area (Å²) in [7, 11) is 0. The molecule has 15 heavy (non-hydrogen) atoms. The van der Waals surface area contributed by atoms with Gasteiger partial charge in [0.1, 0.15) is 0 Å². The van der Waals surface area contributed by atoms with E-state index in [4.69, 9.17) is 11.5 Å². The number of rotatable bonds is 2. The van der Waals surface area contributed by atoms with Gasteiger partial charge in [-0.05, 0) is 16.6 Å². The molecule has 2 rings (SSSR count). The Labute approximate surface area is 88.9 Å². The first kappa shape index (κ1) is 9.53. The number of nitrogens with zero attached hydrogens (tertiary/aromatic N) is 3. The van der Waals surface area contributed by atoms with E-state index in [1.807, 2.05) is 16.8 Å². The van der Waals surface area contributed by atoms with Crippen molar-refractivity contribution in [1.29, 1.82) is 0 Å². The molecule has 2 aromatic rings. The molecule has 0 aliphatic carbocycles. The second-order valence-corrected chi connectivity index (χ2v) is 3.55. The van der Waals surface area contributed by atoms with Gasteiger partial charge < -0.3 is 11.5 Å². The van der Waals surface area contributed by atoms with Gasteiger partial charge in [0.15, 0.2) is 23.1 Å². The van der Waals surface area contributed by atoms with Gasteiger partial charge in [-0.3, -0.25) is 0 Å². The normalized spacial score (nSPS) is 10.1. The van der Waals surface area contributed by atoms with Crippen LogP contribution in [0.1, 0.15) is 0 Å². The summed E-state index contributed by atoms with van der Waals surface area (Å²) in [6.07, 6.45) is 0. The quantitative estimate of drug-likeness (QED) is 0.751. The van der Waals surface area contributed by atoms with Crippen LogP contribution in [0.3, 0.4) is 0 Å². The van der Waals surface area contributed by atoms with Gasteiger partial charge in [0.05, 0.1) is 0 Å². The molecule has 0 amide bonds. The van der Waals surface area contributed by atoms with Gasteiger partial charge in [-0.15, -0.1) is 4.91 Å². The van der Waals surface area contributed by atoms with Crippen molar-refractivity contribution in [3.63, 3.8) is 0 Å². The van der Waals surface area contributed by atoms with Gasteiger partial charge in [-0.25, -0.2) is 9.97 Å². The molecule has 4 N–H and O–H groups in total. The third-order valence-corrected chi connectivity index (χ3v) is 2.49. The highest BCUT2D eigenvalue weighted by molar-refractivity contribution is 7.08. The first-order valence-corrected chi connectivity index (χ1v) is 4.95. The van der Waals surface area contributed by atoms with Crippen molar-refractivity contribution in [2.45, 2.75) is 0 Å². The maximum absolute atomic E-state index is 10.4. The summed E-state index contributed by atoms with van der Waals surface area (Å²) in [5.74, 6) is 0.399. The van der Waals surface area contributed by atoms with Crippen molar-refractivity contribution < 1.29 is 0 Å². The highest BCUT2D eigenvalue weighted by atomic mass is 32.1. The molecule has 76 valence electrons. The number of anilines is 2. The Bertz CT molecular complexity index is 473. The Morgan fingerprint density at radius 3 is 2.40 bits per heavy atom. The number of nitrogens with two attached hydrogens (primary N) is 2. The van der Waals surface area contributed by atoms with Crippen LogP contribution in [-0.4, -0.2) is 9.97 Å². The summed E-state index contributed by atoms with van der Waals surface area (Å²) in [6.45, 7) is 0. The number of hydrogen-bond acceptors (Lipinski definition) is 7. The zero-order valence-corrected chi connectivity index (χ0v) is 8.36. The molecular formula is C8H7N5OS. The second kappa shape index (κ2) is 3.62. The predicted octanol–water partition coefficient (Wildman–Crippen LogP) is 1.77. The summed E-state index contributed by atoms with van der Waals surface area (Å²) in [5, 5.41) is 6.42. The van der Waals surface area contributed by atoms with E-state index in [1.54, 1.807) is 0 Å². The van der Waals surface area contributed by atoms with Crippen LogP contribution in [0, 0.1) is 4.91 Å². The largest absolute Gasteiger partial charge is 0.382 e. The van der Waals surface area contributed by atoms with Crippen LogP contribution in [-0.2, 0) is 0 Å². The Hall–Kier alpha value is -2.02. The third-order valence-electron chi connectivity index (χ3n) is 1.81. The van der Waals surface area contributed by atoms with Crippen molar-refractivity contribution in [3.8, 4) is 11.4 Å². The Morgan fingerprint density at radius 1 is 1.27 bits per heavy atom. The van der Waals surface area contributed by atoms with Crippen LogP contribution in [0.5, 0.6) is 0 Å². The molecule has 0 radical (unpaired) electrons. The van der Waals surface area contributed by atoms with Gasteiger partial charge in [-0.1, -0.05) is 0 Å². The van der Waals surface area contributed by atoms with E-state index >= 15 is 0 Å². The van der Waals surface area contributed by atoms with E-state index in [2.05, 4.69) is 15.1 Å². The Balaban J connectivity index is 2.58. The molecule has 0 unspecified atom stereocenters. The fourth-order valence-electron chi connectivity index (χ4n) is 1.10. The van der Waals surface area contributed by atoms with Gasteiger partial charge in [0.25, 0.3) is 0 Å². The van der Waals surface area contributed by atoms with Crippen molar-refractivity contribution in [2.24, 2.45) is 5.18 Å². The first-order chi connectivity index (χ1) is 7.22. The molecular weight excluding hydrogens is 214 g/mol. The smallest absolute Gasteiger partial charge is 0.192 e. The molecule has 0 aromatic carbocycles. The number of nitroso groups, excluding NO2 is 1. The standard InChI is InChI=1S/C8H7N5OS/c9-6-5(13-14)7(10)12-8(11-6)4-1-2-15-3-4/h1-3H,(H4,9,10,11,12). The van der Waals surface area contributed by atoms with Crippen molar-refractivity contribution in [3.05, 3.63) is 21.7 Å². The lowest BCUT2D eigenvalue weighted by atomic mass is 10.3. The Morgan fingerprint density at radius 2 is 1.93 bits per heavy atom. The number of aromatic nitrogens is 2. The maximum atomic E-state index is 10.4. The molecule has 0 fully saturated rings. The third kappa shape index (κ3) is 1.64. The molecule has 0 saturated heterocycles. The molecule has 0 aliphatic rings. The zero-order chi connectivity index (χ0) is 10.8. The van der Waals surface area contributed by atoms with Crippen molar-refractivity contribution >= 4 is 28.7 Å². The summed E-state index contributed by atoms with van der Waals surface area (Å²) in [5.41, 5.74) is 11.7. The van der Waals surface area contributed by atoms with Crippen LogP contribution in [0.25, 0.3) is 11.4 Å². The average Bonchev–Trinajstić information content (AvgIpc) is 2.69. The summed E-state index contributed by atoms with van der Waals surface area (Å²) >= 11 is 1.51. The molecule has 2 heterocycles. The maximum Gasteiger partial charge on any atom is 0.192 e. The monoisotopic (exact) mass is 221 g/mol. The summed E-state index contributed by atoms with van der Waals surface area (Å²) in [4.78, 5) is 18.3. The highest BCUT2D eigenvalue weighted by Crippen LogP contribution is 2.29. The van der Waals surface area contributed by atoms with E-state index in [9.17, 15) is 4.91 Å². The fourth-order valence-corrected chi connectivity index (χ4v) is 1.74. The lowest BCUT2D eigenvalue weighted by Gasteiger charge is -2.02. The van der Waals surface area contributed by atoms with E-state index < -0.39 is 0 Å². The number of thiophene rings is 1. The molecule has 0 aliphatic heterocycles. The minimum absolute atomic E-state index is 0.00120. The van der Waals surface area contributed by atoms with Gasteiger partial charge in [0, 0.05) is 10.9 Å². The molecule has 7 heteroatoms. The predicted molar refractivity (Wildman–Crippen MR) is 59.6 cm³/mol. The summed E-state index contributed by atoms with van der Waals surface area (Å²) in [6, 6.07) is 1.84. The fraction of sp³-hybridized carbons (Fsp3) is 0. The lowest BCUT2D eigenvalue weighted by molar-refractivity contribution is 1.18. The van der Waals surface area contributed by atoms with E-state index in [-0.39, 0.29) is 17.3 Å². The minimum Gasteiger partial charge on any atom is -0.382 e. The Kier molecular flexibility index (Phi) is 2.30. The van der Waals surface area contributed by atoms with Crippen molar-refractivity contribution in [2.75, 3.05) is 11.5 Å².